The van der Waals surface area contributed by atoms with Gasteiger partial charge in [0.05, 0.1) is 11.6 Å². The standard InChI is InChI=1S/C12H15N5S/c1-7-14-11-10(4-13-16(11)2)12(15-7)17-5-9-3-8(17)6-18-9/h4,8-9H,3,5-6H2,1-2H3/t8-,9+/m0/s1. The minimum Gasteiger partial charge on any atom is -0.351 e. The number of anilines is 1. The van der Waals surface area contributed by atoms with Crippen molar-refractivity contribution in [3.8, 4) is 0 Å². The molecule has 2 bridgehead atoms. The lowest BCUT2D eigenvalue weighted by Gasteiger charge is -2.28. The molecule has 0 spiro atoms. The van der Waals surface area contributed by atoms with E-state index in [0.717, 1.165) is 34.5 Å². The van der Waals surface area contributed by atoms with E-state index in [-0.39, 0.29) is 0 Å². The minimum absolute atomic E-state index is 0.651. The average molecular weight is 261 g/mol. The lowest BCUT2D eigenvalue weighted by molar-refractivity contribution is 0.750. The highest BCUT2D eigenvalue weighted by molar-refractivity contribution is 8.00. The molecule has 6 heteroatoms. The van der Waals surface area contributed by atoms with Gasteiger partial charge < -0.3 is 4.90 Å². The summed E-state index contributed by atoms with van der Waals surface area (Å²) in [4.78, 5) is 11.6. The normalized spacial score (nSPS) is 26.4. The third-order valence-corrected chi connectivity index (χ3v) is 5.25. The van der Waals surface area contributed by atoms with Gasteiger partial charge >= 0.3 is 0 Å². The molecule has 2 fully saturated rings. The van der Waals surface area contributed by atoms with Crippen LogP contribution in [-0.2, 0) is 7.05 Å². The van der Waals surface area contributed by atoms with Gasteiger partial charge in [0.2, 0.25) is 0 Å². The Labute approximate surface area is 110 Å². The summed E-state index contributed by atoms with van der Waals surface area (Å²) in [6.07, 6.45) is 3.19. The number of thioether (sulfide) groups is 1. The predicted molar refractivity (Wildman–Crippen MR) is 73.0 cm³/mol. The smallest absolute Gasteiger partial charge is 0.163 e. The molecule has 2 aliphatic rings. The van der Waals surface area contributed by atoms with E-state index >= 15 is 0 Å². The molecule has 5 nitrogen and oxygen atoms in total. The van der Waals surface area contributed by atoms with Crippen molar-refractivity contribution in [3.63, 3.8) is 0 Å². The lowest BCUT2D eigenvalue weighted by atomic mass is 10.2. The van der Waals surface area contributed by atoms with Gasteiger partial charge in [0.1, 0.15) is 11.6 Å². The van der Waals surface area contributed by atoms with Gasteiger partial charge in [0.25, 0.3) is 0 Å². The van der Waals surface area contributed by atoms with Crippen molar-refractivity contribution in [3.05, 3.63) is 12.0 Å². The summed E-state index contributed by atoms with van der Waals surface area (Å²) >= 11 is 2.10. The van der Waals surface area contributed by atoms with Crippen LogP contribution in [0.2, 0.25) is 0 Å². The number of hydrogen-bond donors (Lipinski definition) is 0. The van der Waals surface area contributed by atoms with Crippen LogP contribution in [0.25, 0.3) is 11.0 Å². The number of aromatic nitrogens is 4. The quantitative estimate of drug-likeness (QED) is 0.776. The molecule has 2 aliphatic heterocycles. The number of hydrogen-bond acceptors (Lipinski definition) is 5. The van der Waals surface area contributed by atoms with E-state index in [1.165, 1.54) is 12.2 Å². The number of nitrogens with zero attached hydrogens (tertiary/aromatic N) is 5. The van der Waals surface area contributed by atoms with Crippen LogP contribution in [-0.4, -0.2) is 43.3 Å². The second kappa shape index (κ2) is 3.60. The summed E-state index contributed by atoms with van der Waals surface area (Å²) in [7, 11) is 1.94. The third-order valence-electron chi connectivity index (χ3n) is 3.86. The molecule has 2 saturated heterocycles. The van der Waals surface area contributed by atoms with Crippen LogP contribution in [0.3, 0.4) is 0 Å². The molecule has 2 aromatic heterocycles. The maximum Gasteiger partial charge on any atom is 0.163 e. The molecule has 0 saturated carbocycles. The van der Waals surface area contributed by atoms with Crippen molar-refractivity contribution in [2.24, 2.45) is 7.05 Å². The number of rotatable bonds is 1. The second-order valence-corrected chi connectivity index (χ2v) is 6.43. The Bertz CT molecular complexity index is 622. The summed E-state index contributed by atoms with van der Waals surface area (Å²) in [6.45, 7) is 3.08. The highest BCUT2D eigenvalue weighted by atomic mass is 32.2. The highest BCUT2D eigenvalue weighted by Gasteiger charge is 2.40. The molecule has 94 valence electrons. The van der Waals surface area contributed by atoms with E-state index in [9.17, 15) is 0 Å². The van der Waals surface area contributed by atoms with Crippen molar-refractivity contribution in [2.75, 3.05) is 17.2 Å². The molecule has 0 radical (unpaired) electrons. The first-order chi connectivity index (χ1) is 8.72. The fourth-order valence-corrected chi connectivity index (χ4v) is 4.43. The molecule has 18 heavy (non-hydrogen) atoms. The SMILES string of the molecule is Cc1nc(N2C[C@H]3C[C@H]2CS3)c2cnn(C)c2n1. The predicted octanol–water partition coefficient (Wildman–Crippen LogP) is 1.37. The largest absolute Gasteiger partial charge is 0.351 e. The van der Waals surface area contributed by atoms with Crippen LogP contribution in [0.15, 0.2) is 6.20 Å². The van der Waals surface area contributed by atoms with E-state index in [4.69, 9.17) is 0 Å². The van der Waals surface area contributed by atoms with Gasteiger partial charge in [-0.3, -0.25) is 4.68 Å². The van der Waals surface area contributed by atoms with Gasteiger partial charge in [-0.1, -0.05) is 0 Å². The van der Waals surface area contributed by atoms with E-state index in [0.29, 0.717) is 6.04 Å². The number of aryl methyl sites for hydroxylation is 2. The van der Waals surface area contributed by atoms with Crippen molar-refractivity contribution < 1.29 is 0 Å². The van der Waals surface area contributed by atoms with Crippen molar-refractivity contribution in [2.45, 2.75) is 24.6 Å². The zero-order valence-corrected chi connectivity index (χ0v) is 11.3. The molecule has 0 unspecified atom stereocenters. The van der Waals surface area contributed by atoms with Gasteiger partial charge in [-0.05, 0) is 13.3 Å². The van der Waals surface area contributed by atoms with Crippen LogP contribution in [0.1, 0.15) is 12.2 Å². The highest BCUT2D eigenvalue weighted by Crippen LogP contribution is 2.41. The lowest BCUT2D eigenvalue weighted by Crippen LogP contribution is -2.34. The topological polar surface area (TPSA) is 46.8 Å². The molecule has 0 aromatic carbocycles. The Morgan fingerprint density at radius 3 is 3.00 bits per heavy atom. The third kappa shape index (κ3) is 1.38. The van der Waals surface area contributed by atoms with Crippen LogP contribution < -0.4 is 4.90 Å². The van der Waals surface area contributed by atoms with Crippen LogP contribution in [0.5, 0.6) is 0 Å². The first-order valence-electron chi connectivity index (χ1n) is 6.27. The molecule has 4 rings (SSSR count). The van der Waals surface area contributed by atoms with Crippen molar-refractivity contribution in [1.82, 2.24) is 19.7 Å². The minimum atomic E-state index is 0.651. The monoisotopic (exact) mass is 261 g/mol. The van der Waals surface area contributed by atoms with E-state index in [1.807, 2.05) is 24.9 Å². The zero-order valence-electron chi connectivity index (χ0n) is 10.5. The Kier molecular flexibility index (Phi) is 2.12. The number of fused-ring (bicyclic) bond motifs is 3. The molecule has 0 amide bonds. The molecule has 2 aromatic rings. The fourth-order valence-electron chi connectivity index (χ4n) is 2.99. The second-order valence-electron chi connectivity index (χ2n) is 5.10. The van der Waals surface area contributed by atoms with Gasteiger partial charge in [-0.25, -0.2) is 9.97 Å². The van der Waals surface area contributed by atoms with Crippen molar-refractivity contribution in [1.29, 1.82) is 0 Å². The Balaban J connectivity index is 1.89. The first-order valence-corrected chi connectivity index (χ1v) is 7.32. The van der Waals surface area contributed by atoms with Crippen LogP contribution in [0, 0.1) is 6.92 Å². The summed E-state index contributed by atoms with van der Waals surface area (Å²) in [5, 5.41) is 6.19. The van der Waals surface area contributed by atoms with Gasteiger partial charge in [0, 0.05) is 30.6 Å². The zero-order chi connectivity index (χ0) is 12.3. The van der Waals surface area contributed by atoms with Crippen molar-refractivity contribution >= 4 is 28.6 Å². The molecule has 0 N–H and O–H groups in total. The fraction of sp³-hybridized carbons (Fsp3) is 0.583. The maximum atomic E-state index is 4.67. The van der Waals surface area contributed by atoms with E-state index in [1.54, 1.807) is 0 Å². The molecular formula is C12H15N5S. The molecule has 4 heterocycles. The Hall–Kier alpha value is -1.30. The van der Waals surface area contributed by atoms with Crippen LogP contribution in [0.4, 0.5) is 5.82 Å². The summed E-state index contributed by atoms with van der Waals surface area (Å²) < 4.78 is 1.83. The first kappa shape index (κ1) is 10.6. The summed E-state index contributed by atoms with van der Waals surface area (Å²) in [5.74, 6) is 3.14. The average Bonchev–Trinajstić information content (AvgIpc) is 3.04. The van der Waals surface area contributed by atoms with E-state index < -0.39 is 0 Å². The molecular weight excluding hydrogens is 246 g/mol. The summed E-state index contributed by atoms with van der Waals surface area (Å²) in [5.41, 5.74) is 0.938. The Morgan fingerprint density at radius 2 is 2.28 bits per heavy atom. The maximum absolute atomic E-state index is 4.67. The van der Waals surface area contributed by atoms with E-state index in [2.05, 4.69) is 31.7 Å². The molecule has 2 atom stereocenters. The van der Waals surface area contributed by atoms with Gasteiger partial charge in [-0.2, -0.15) is 16.9 Å². The van der Waals surface area contributed by atoms with Crippen LogP contribution >= 0.6 is 11.8 Å². The Morgan fingerprint density at radius 1 is 1.39 bits per heavy atom. The molecule has 0 aliphatic carbocycles. The summed E-state index contributed by atoms with van der Waals surface area (Å²) in [6, 6.07) is 0.651. The van der Waals surface area contributed by atoms with Gasteiger partial charge in [0.15, 0.2) is 5.65 Å². The van der Waals surface area contributed by atoms with Gasteiger partial charge in [-0.15, -0.1) is 0 Å².